The quantitative estimate of drug-likeness (QED) is 0.595. The maximum Gasteiger partial charge on any atom is 0.384 e. The van der Waals surface area contributed by atoms with E-state index >= 15 is 0 Å². The molecule has 1 aliphatic rings. The minimum atomic E-state index is -7.38. The molecule has 0 aromatic heterocycles. The first-order valence-corrected chi connectivity index (χ1v) is 7.34. The fourth-order valence-electron chi connectivity index (χ4n) is 2.39. The summed E-state index contributed by atoms with van der Waals surface area (Å²) in [7, 11) is 0. The van der Waals surface area contributed by atoms with Crippen molar-refractivity contribution < 1.29 is 53.1 Å². The van der Waals surface area contributed by atoms with Gasteiger partial charge in [0.2, 0.25) is 0 Å². The predicted octanol–water partition coefficient (Wildman–Crippen LogP) is 5.49. The van der Waals surface area contributed by atoms with Gasteiger partial charge in [-0.2, -0.15) is 43.9 Å². The molecule has 0 spiro atoms. The smallest absolute Gasteiger partial charge is 0.323 e. The summed E-state index contributed by atoms with van der Waals surface area (Å²) >= 11 is 5.58. The van der Waals surface area contributed by atoms with E-state index in [1.165, 1.54) is 6.92 Å². The van der Waals surface area contributed by atoms with Crippen molar-refractivity contribution in [1.82, 2.24) is 0 Å². The lowest BCUT2D eigenvalue weighted by atomic mass is 9.71. The van der Waals surface area contributed by atoms with Gasteiger partial charge in [-0.25, -0.2) is 4.39 Å². The molecule has 1 N–H and O–H groups in total. The van der Waals surface area contributed by atoms with Crippen LogP contribution in [0.1, 0.15) is 5.56 Å². The van der Waals surface area contributed by atoms with Gasteiger partial charge in [-0.3, -0.25) is 4.79 Å². The third-order valence-corrected chi connectivity index (χ3v) is 4.59. The summed E-state index contributed by atoms with van der Waals surface area (Å²) < 4.78 is 149. The monoisotopic (exact) mass is 449 g/mol. The number of amides is 1. The molecule has 0 bridgehead atoms. The molecular weight excluding hydrogens is 443 g/mol. The summed E-state index contributed by atoms with van der Waals surface area (Å²) in [5.41, 5.74) is -7.29. The zero-order valence-electron chi connectivity index (χ0n) is 13.2. The van der Waals surface area contributed by atoms with Crippen LogP contribution in [0.4, 0.5) is 54.0 Å². The van der Waals surface area contributed by atoms with Crippen LogP contribution in [0.15, 0.2) is 18.2 Å². The van der Waals surface area contributed by atoms with Crippen LogP contribution in [0.2, 0.25) is 5.02 Å². The Morgan fingerprint density at radius 1 is 0.786 bits per heavy atom. The Morgan fingerprint density at radius 3 is 1.57 bits per heavy atom. The third-order valence-electron chi connectivity index (χ3n) is 4.19. The highest BCUT2D eigenvalue weighted by molar-refractivity contribution is 6.31. The molecule has 2 rings (SSSR count). The number of hydrogen-bond acceptors (Lipinski definition) is 1. The molecule has 0 aliphatic heterocycles. The lowest BCUT2D eigenvalue weighted by Gasteiger charge is -2.51. The van der Waals surface area contributed by atoms with Crippen LogP contribution < -0.4 is 5.32 Å². The van der Waals surface area contributed by atoms with Crippen LogP contribution in [0.5, 0.6) is 0 Å². The van der Waals surface area contributed by atoms with Crippen LogP contribution >= 0.6 is 11.6 Å². The van der Waals surface area contributed by atoms with Gasteiger partial charge in [0.25, 0.3) is 5.91 Å². The molecule has 1 aromatic rings. The standard InChI is InChI=1S/C14H7ClF11NO/c1-5-2-3-6(4-7(5)15)27-8(28)9(16)10(17,18)12(21,22)14(25,26)13(23,24)11(9,19)20/h2-4H,1H3,(H,27,28). The van der Waals surface area contributed by atoms with E-state index in [1.54, 1.807) is 0 Å². The number of hydrogen-bond donors (Lipinski definition) is 1. The maximum atomic E-state index is 14.5. The van der Waals surface area contributed by atoms with Gasteiger partial charge >= 0.3 is 35.3 Å². The summed E-state index contributed by atoms with van der Waals surface area (Å²) in [4.78, 5) is 11.7. The first kappa shape index (κ1) is 22.5. The van der Waals surface area contributed by atoms with E-state index in [1.807, 2.05) is 0 Å². The number of nitrogens with one attached hydrogen (secondary N) is 1. The predicted molar refractivity (Wildman–Crippen MR) is 73.4 cm³/mol. The first-order valence-electron chi connectivity index (χ1n) is 6.96. The SMILES string of the molecule is Cc1ccc(NC(=O)C2(F)C(F)(F)C(F)(F)C(F)(F)C(F)(F)C2(F)F)cc1Cl. The van der Waals surface area contributed by atoms with Crippen molar-refractivity contribution in [2.45, 2.75) is 42.2 Å². The first-order chi connectivity index (χ1) is 12.3. The normalized spacial score (nSPS) is 25.8. The Kier molecular flexibility index (Phi) is 4.71. The lowest BCUT2D eigenvalue weighted by molar-refractivity contribution is -0.475. The van der Waals surface area contributed by atoms with Crippen molar-refractivity contribution in [2.24, 2.45) is 0 Å². The highest BCUT2D eigenvalue weighted by Crippen LogP contribution is 2.69. The molecule has 14 heteroatoms. The summed E-state index contributed by atoms with van der Waals surface area (Å²) in [5.74, 6) is -39.9. The van der Waals surface area contributed by atoms with Crippen molar-refractivity contribution in [3.8, 4) is 0 Å². The molecule has 0 radical (unpaired) electrons. The van der Waals surface area contributed by atoms with Gasteiger partial charge in [-0.15, -0.1) is 0 Å². The zero-order chi connectivity index (χ0) is 22.1. The number of alkyl halides is 11. The number of carbonyl (C=O) groups excluding carboxylic acids is 1. The molecule has 1 saturated carbocycles. The van der Waals surface area contributed by atoms with E-state index in [-0.39, 0.29) is 10.6 Å². The van der Waals surface area contributed by atoms with Crippen molar-refractivity contribution in [3.63, 3.8) is 0 Å². The Hall–Kier alpha value is -1.79. The summed E-state index contributed by atoms with van der Waals surface area (Å²) in [6, 6.07) is 2.46. The second kappa shape index (κ2) is 5.86. The van der Waals surface area contributed by atoms with Gasteiger partial charge in [0.1, 0.15) is 0 Å². The Labute approximate surface area is 153 Å². The molecule has 1 aromatic carbocycles. The van der Waals surface area contributed by atoms with Gasteiger partial charge in [0.15, 0.2) is 0 Å². The molecule has 0 atom stereocenters. The highest BCUT2D eigenvalue weighted by Gasteiger charge is 3.02. The molecule has 0 heterocycles. The van der Waals surface area contributed by atoms with Crippen molar-refractivity contribution in [2.75, 3.05) is 5.32 Å². The number of rotatable bonds is 2. The van der Waals surface area contributed by atoms with E-state index in [9.17, 15) is 53.1 Å². The largest absolute Gasteiger partial charge is 0.384 e. The fourth-order valence-corrected chi connectivity index (χ4v) is 2.57. The van der Waals surface area contributed by atoms with Gasteiger partial charge in [-0.1, -0.05) is 17.7 Å². The van der Waals surface area contributed by atoms with Crippen molar-refractivity contribution in [1.29, 1.82) is 0 Å². The fraction of sp³-hybridized carbons (Fsp3) is 0.500. The van der Waals surface area contributed by atoms with Crippen LogP contribution in [0, 0.1) is 6.92 Å². The minimum Gasteiger partial charge on any atom is -0.323 e. The molecule has 0 saturated heterocycles. The molecule has 28 heavy (non-hydrogen) atoms. The number of benzene rings is 1. The van der Waals surface area contributed by atoms with Crippen LogP contribution in [0.25, 0.3) is 0 Å². The number of carbonyl (C=O) groups is 1. The van der Waals surface area contributed by atoms with Crippen molar-refractivity contribution >= 4 is 23.2 Å². The second-order valence-electron chi connectivity index (χ2n) is 5.95. The van der Waals surface area contributed by atoms with Crippen LogP contribution in [-0.2, 0) is 4.79 Å². The Bertz CT molecular complexity index is 794. The van der Waals surface area contributed by atoms with Gasteiger partial charge in [0, 0.05) is 10.7 Å². The second-order valence-corrected chi connectivity index (χ2v) is 6.36. The Balaban J connectivity index is 2.67. The molecule has 158 valence electrons. The average molecular weight is 450 g/mol. The maximum absolute atomic E-state index is 14.5. The lowest BCUT2D eigenvalue weighted by Crippen LogP contribution is -2.86. The summed E-state index contributed by atoms with van der Waals surface area (Å²) in [6.45, 7) is 1.37. The van der Waals surface area contributed by atoms with Gasteiger partial charge in [-0.05, 0) is 24.6 Å². The molecule has 1 aliphatic carbocycles. The van der Waals surface area contributed by atoms with Gasteiger partial charge in [0.05, 0.1) is 0 Å². The average Bonchev–Trinajstić information content (AvgIpc) is 2.55. The van der Waals surface area contributed by atoms with Crippen LogP contribution in [-0.4, -0.2) is 41.2 Å². The third kappa shape index (κ3) is 2.31. The molecule has 1 amide bonds. The number of anilines is 1. The van der Waals surface area contributed by atoms with Crippen molar-refractivity contribution in [3.05, 3.63) is 28.8 Å². The number of aryl methyl sites for hydroxylation is 1. The van der Waals surface area contributed by atoms with E-state index < -0.39 is 46.9 Å². The minimum absolute atomic E-state index is 0.241. The number of halogens is 12. The Morgan fingerprint density at radius 2 is 1.18 bits per heavy atom. The summed E-state index contributed by atoms with van der Waals surface area (Å²) in [6.07, 6.45) is 0. The van der Waals surface area contributed by atoms with E-state index in [0.717, 1.165) is 17.4 Å². The topological polar surface area (TPSA) is 29.1 Å². The van der Waals surface area contributed by atoms with E-state index in [2.05, 4.69) is 0 Å². The highest BCUT2D eigenvalue weighted by atomic mass is 35.5. The molecule has 0 unspecified atom stereocenters. The van der Waals surface area contributed by atoms with E-state index in [4.69, 9.17) is 11.6 Å². The van der Waals surface area contributed by atoms with Gasteiger partial charge < -0.3 is 5.32 Å². The van der Waals surface area contributed by atoms with E-state index in [0.29, 0.717) is 6.07 Å². The van der Waals surface area contributed by atoms with Crippen LogP contribution in [0.3, 0.4) is 0 Å². The molecular formula is C14H7ClF11NO. The zero-order valence-corrected chi connectivity index (χ0v) is 13.9. The molecule has 1 fully saturated rings. The summed E-state index contributed by atoms with van der Waals surface area (Å²) in [5, 5.41) is 0.724. The molecule has 2 nitrogen and oxygen atoms in total.